The molecule has 0 spiro atoms. The number of aryl methyl sites for hydroxylation is 1. The Morgan fingerprint density at radius 1 is 1.27 bits per heavy atom. The van der Waals surface area contributed by atoms with Gasteiger partial charge in [0.15, 0.2) is 0 Å². The van der Waals surface area contributed by atoms with Crippen molar-refractivity contribution in [2.24, 2.45) is 5.92 Å². The molecular weight excluding hydrogens is 272 g/mol. The van der Waals surface area contributed by atoms with Crippen LogP contribution in [0.15, 0.2) is 18.2 Å². The van der Waals surface area contributed by atoms with Crippen LogP contribution in [-0.4, -0.2) is 27.5 Å². The van der Waals surface area contributed by atoms with Gasteiger partial charge >= 0.3 is 0 Å². The molecule has 0 saturated carbocycles. The highest BCUT2D eigenvalue weighted by Gasteiger charge is 2.25. The van der Waals surface area contributed by atoms with Crippen molar-refractivity contribution in [2.75, 3.05) is 13.1 Å². The van der Waals surface area contributed by atoms with E-state index in [2.05, 4.69) is 47.6 Å². The third-order valence-electron chi connectivity index (χ3n) is 4.67. The molecule has 1 aliphatic rings. The summed E-state index contributed by atoms with van der Waals surface area (Å²) in [4.78, 5) is 7.42. The van der Waals surface area contributed by atoms with Crippen LogP contribution in [0.25, 0.3) is 11.0 Å². The summed E-state index contributed by atoms with van der Waals surface area (Å²) in [5.41, 5.74) is 3.42. The molecule has 1 fully saturated rings. The van der Waals surface area contributed by atoms with Crippen molar-refractivity contribution in [2.45, 2.75) is 46.2 Å². The van der Waals surface area contributed by atoms with Gasteiger partial charge in [0, 0.05) is 6.54 Å². The SMILES string of the molecule is Cc1ccc2c(c1)nc(C(C)N1CCCC1)n2CC(C)C#N. The minimum atomic E-state index is -0.0109. The molecule has 0 amide bonds. The van der Waals surface area contributed by atoms with Crippen LogP contribution in [-0.2, 0) is 6.54 Å². The van der Waals surface area contributed by atoms with Crippen LogP contribution in [0.4, 0.5) is 0 Å². The summed E-state index contributed by atoms with van der Waals surface area (Å²) >= 11 is 0. The van der Waals surface area contributed by atoms with Crippen LogP contribution >= 0.6 is 0 Å². The number of nitrogens with zero attached hydrogens (tertiary/aromatic N) is 4. The highest BCUT2D eigenvalue weighted by Crippen LogP contribution is 2.28. The highest BCUT2D eigenvalue weighted by molar-refractivity contribution is 5.77. The number of benzene rings is 1. The molecule has 0 N–H and O–H groups in total. The predicted molar refractivity (Wildman–Crippen MR) is 88.5 cm³/mol. The molecule has 3 rings (SSSR count). The minimum absolute atomic E-state index is 0.0109. The number of nitriles is 1. The number of imidazole rings is 1. The van der Waals surface area contributed by atoms with Gasteiger partial charge in [-0.2, -0.15) is 5.26 Å². The molecule has 1 aromatic heterocycles. The van der Waals surface area contributed by atoms with Crippen LogP contribution in [0.2, 0.25) is 0 Å². The highest BCUT2D eigenvalue weighted by atomic mass is 15.2. The predicted octanol–water partition coefficient (Wildman–Crippen LogP) is 3.66. The molecule has 4 heteroatoms. The van der Waals surface area contributed by atoms with Crippen molar-refractivity contribution >= 4 is 11.0 Å². The van der Waals surface area contributed by atoms with Gasteiger partial charge in [-0.15, -0.1) is 0 Å². The van der Waals surface area contributed by atoms with E-state index in [1.165, 1.54) is 18.4 Å². The van der Waals surface area contributed by atoms with Gasteiger partial charge in [0.1, 0.15) is 5.82 Å². The number of fused-ring (bicyclic) bond motifs is 1. The summed E-state index contributed by atoms with van der Waals surface area (Å²) in [7, 11) is 0. The van der Waals surface area contributed by atoms with Gasteiger partial charge in [-0.3, -0.25) is 4.90 Å². The van der Waals surface area contributed by atoms with Gasteiger partial charge in [-0.05, 0) is 64.4 Å². The third-order valence-corrected chi connectivity index (χ3v) is 4.67. The average molecular weight is 296 g/mol. The second kappa shape index (κ2) is 6.10. The molecule has 22 heavy (non-hydrogen) atoms. The maximum atomic E-state index is 9.20. The fourth-order valence-electron chi connectivity index (χ4n) is 3.38. The topological polar surface area (TPSA) is 44.9 Å². The lowest BCUT2D eigenvalue weighted by Gasteiger charge is -2.24. The first-order chi connectivity index (χ1) is 10.6. The minimum Gasteiger partial charge on any atom is -0.325 e. The molecule has 0 aliphatic carbocycles. The van der Waals surface area contributed by atoms with Crippen molar-refractivity contribution in [3.05, 3.63) is 29.6 Å². The summed E-state index contributed by atoms with van der Waals surface area (Å²) in [5.74, 6) is 1.09. The Morgan fingerprint density at radius 2 is 2.00 bits per heavy atom. The molecule has 116 valence electrons. The molecule has 1 saturated heterocycles. The molecule has 4 nitrogen and oxygen atoms in total. The van der Waals surface area contributed by atoms with Crippen LogP contribution in [0.1, 0.15) is 44.1 Å². The Kier molecular flexibility index (Phi) is 4.17. The molecule has 0 radical (unpaired) electrons. The number of likely N-dealkylation sites (tertiary alicyclic amines) is 1. The lowest BCUT2D eigenvalue weighted by atomic mass is 10.2. The number of aromatic nitrogens is 2. The van der Waals surface area contributed by atoms with Gasteiger partial charge in [0.05, 0.1) is 29.1 Å². The second-order valence-electron chi connectivity index (χ2n) is 6.52. The summed E-state index contributed by atoms with van der Waals surface area (Å²) < 4.78 is 2.26. The molecule has 2 atom stereocenters. The molecule has 1 aliphatic heterocycles. The zero-order chi connectivity index (χ0) is 15.7. The van der Waals surface area contributed by atoms with Crippen LogP contribution in [0, 0.1) is 24.2 Å². The molecule has 0 bridgehead atoms. The Morgan fingerprint density at radius 3 is 2.68 bits per heavy atom. The van der Waals surface area contributed by atoms with E-state index in [-0.39, 0.29) is 5.92 Å². The molecule has 2 heterocycles. The van der Waals surface area contributed by atoms with Crippen molar-refractivity contribution in [1.82, 2.24) is 14.5 Å². The van der Waals surface area contributed by atoms with Crippen molar-refractivity contribution in [1.29, 1.82) is 5.26 Å². The Hall–Kier alpha value is -1.86. The van der Waals surface area contributed by atoms with E-state index in [4.69, 9.17) is 4.98 Å². The first-order valence-electron chi connectivity index (χ1n) is 8.20. The van der Waals surface area contributed by atoms with Crippen LogP contribution in [0.5, 0.6) is 0 Å². The van der Waals surface area contributed by atoms with Gasteiger partial charge in [-0.25, -0.2) is 4.98 Å². The van der Waals surface area contributed by atoms with E-state index in [1.54, 1.807) is 0 Å². The smallest absolute Gasteiger partial charge is 0.127 e. The summed E-state index contributed by atoms with van der Waals surface area (Å²) in [6.07, 6.45) is 2.55. The summed E-state index contributed by atoms with van der Waals surface area (Å²) in [5, 5.41) is 9.20. The number of hydrogen-bond donors (Lipinski definition) is 0. The molecule has 2 unspecified atom stereocenters. The van der Waals surface area contributed by atoms with Crippen LogP contribution in [0.3, 0.4) is 0 Å². The van der Waals surface area contributed by atoms with Crippen molar-refractivity contribution < 1.29 is 0 Å². The van der Waals surface area contributed by atoms with E-state index < -0.39 is 0 Å². The monoisotopic (exact) mass is 296 g/mol. The largest absolute Gasteiger partial charge is 0.325 e. The van der Waals surface area contributed by atoms with E-state index in [0.29, 0.717) is 12.6 Å². The Bertz CT molecular complexity index is 704. The Labute approximate surface area is 132 Å². The van der Waals surface area contributed by atoms with Gasteiger partial charge in [0.2, 0.25) is 0 Å². The maximum Gasteiger partial charge on any atom is 0.127 e. The molecule has 2 aromatic rings. The van der Waals surface area contributed by atoms with Crippen LogP contribution < -0.4 is 0 Å². The summed E-state index contributed by atoms with van der Waals surface area (Å²) in [6, 6.07) is 9.07. The van der Waals surface area contributed by atoms with Crippen molar-refractivity contribution in [3.63, 3.8) is 0 Å². The zero-order valence-electron chi connectivity index (χ0n) is 13.7. The van der Waals surface area contributed by atoms with E-state index in [0.717, 1.165) is 29.9 Å². The first-order valence-corrected chi connectivity index (χ1v) is 8.20. The average Bonchev–Trinajstić information content (AvgIpc) is 3.14. The van der Waals surface area contributed by atoms with Crippen molar-refractivity contribution in [3.8, 4) is 6.07 Å². The lowest BCUT2D eigenvalue weighted by molar-refractivity contribution is 0.247. The van der Waals surface area contributed by atoms with E-state index in [1.807, 2.05) is 6.92 Å². The third kappa shape index (κ3) is 2.74. The first kappa shape index (κ1) is 15.1. The molecular formula is C18H24N4. The van der Waals surface area contributed by atoms with E-state index >= 15 is 0 Å². The quantitative estimate of drug-likeness (QED) is 0.865. The second-order valence-corrected chi connectivity index (χ2v) is 6.52. The zero-order valence-corrected chi connectivity index (χ0v) is 13.7. The maximum absolute atomic E-state index is 9.20. The van der Waals surface area contributed by atoms with Gasteiger partial charge in [-0.1, -0.05) is 6.07 Å². The lowest BCUT2D eigenvalue weighted by Crippen LogP contribution is -2.26. The van der Waals surface area contributed by atoms with Gasteiger partial charge in [0.25, 0.3) is 0 Å². The summed E-state index contributed by atoms with van der Waals surface area (Å²) in [6.45, 7) is 9.33. The normalized spacial score (nSPS) is 18.5. The van der Waals surface area contributed by atoms with Gasteiger partial charge < -0.3 is 4.57 Å². The standard InChI is InChI=1S/C18H24N4/c1-13-6-7-17-16(10-13)20-18(22(17)12-14(2)11-19)15(3)21-8-4-5-9-21/h6-7,10,14-15H,4-5,8-9,12H2,1-3H3. The van der Waals surface area contributed by atoms with E-state index in [9.17, 15) is 5.26 Å². The fourth-order valence-corrected chi connectivity index (χ4v) is 3.38. The fraction of sp³-hybridized carbons (Fsp3) is 0.556. The number of hydrogen-bond acceptors (Lipinski definition) is 3. The molecule has 1 aromatic carbocycles. The number of rotatable bonds is 4. The Balaban J connectivity index is 2.06.